The standard InChI is InChI=1S/C17H16ClN3O4/c1-10(2)17(23)20-14-5-3-4-13(8-14)19-9-11-6-12(18)7-15(16(11)22)21(24)25/h3-10,22H,1-2H3,(H,20,23). The molecule has 0 heterocycles. The summed E-state index contributed by atoms with van der Waals surface area (Å²) in [5, 5.41) is 23.7. The molecule has 25 heavy (non-hydrogen) atoms. The zero-order valence-electron chi connectivity index (χ0n) is 13.6. The predicted molar refractivity (Wildman–Crippen MR) is 96.9 cm³/mol. The van der Waals surface area contributed by atoms with Crippen molar-refractivity contribution in [2.24, 2.45) is 10.9 Å². The van der Waals surface area contributed by atoms with Gasteiger partial charge in [-0.05, 0) is 24.3 Å². The molecule has 0 fully saturated rings. The Labute approximate surface area is 149 Å². The van der Waals surface area contributed by atoms with E-state index in [4.69, 9.17) is 11.6 Å². The highest BCUT2D eigenvalue weighted by atomic mass is 35.5. The van der Waals surface area contributed by atoms with Crippen molar-refractivity contribution in [3.05, 3.63) is 57.1 Å². The van der Waals surface area contributed by atoms with Gasteiger partial charge in [-0.1, -0.05) is 31.5 Å². The molecule has 0 atom stereocenters. The number of rotatable bonds is 5. The summed E-state index contributed by atoms with van der Waals surface area (Å²) in [6.07, 6.45) is 1.28. The van der Waals surface area contributed by atoms with Gasteiger partial charge >= 0.3 is 5.69 Å². The molecule has 130 valence electrons. The maximum absolute atomic E-state index is 11.7. The number of hydrogen-bond acceptors (Lipinski definition) is 5. The molecule has 0 aliphatic carbocycles. The van der Waals surface area contributed by atoms with E-state index >= 15 is 0 Å². The van der Waals surface area contributed by atoms with Crippen LogP contribution in [0.25, 0.3) is 0 Å². The molecular weight excluding hydrogens is 346 g/mol. The van der Waals surface area contributed by atoms with E-state index in [1.807, 2.05) is 0 Å². The van der Waals surface area contributed by atoms with Gasteiger partial charge in [-0.3, -0.25) is 19.9 Å². The fourth-order valence-corrected chi connectivity index (χ4v) is 2.16. The number of phenols is 1. The highest BCUT2D eigenvalue weighted by Crippen LogP contribution is 2.32. The van der Waals surface area contributed by atoms with Gasteiger partial charge in [0.2, 0.25) is 11.7 Å². The van der Waals surface area contributed by atoms with Crippen molar-refractivity contribution in [3.8, 4) is 5.75 Å². The number of amides is 1. The smallest absolute Gasteiger partial charge is 0.312 e. The third kappa shape index (κ3) is 4.77. The Morgan fingerprint density at radius 1 is 1.36 bits per heavy atom. The SMILES string of the molecule is CC(C)C(=O)Nc1cccc(N=Cc2cc(Cl)cc([N+](=O)[O-])c2O)c1. The van der Waals surface area contributed by atoms with Crippen molar-refractivity contribution >= 4 is 40.8 Å². The molecule has 2 aromatic carbocycles. The van der Waals surface area contributed by atoms with Crippen molar-refractivity contribution in [1.82, 2.24) is 0 Å². The highest BCUT2D eigenvalue weighted by molar-refractivity contribution is 6.31. The van der Waals surface area contributed by atoms with Crippen LogP contribution in [0.2, 0.25) is 5.02 Å². The molecule has 0 saturated heterocycles. The Balaban J connectivity index is 2.28. The zero-order chi connectivity index (χ0) is 18.6. The highest BCUT2D eigenvalue weighted by Gasteiger charge is 2.17. The van der Waals surface area contributed by atoms with E-state index < -0.39 is 16.4 Å². The molecule has 0 unspecified atom stereocenters. The molecule has 2 rings (SSSR count). The van der Waals surface area contributed by atoms with E-state index in [1.165, 1.54) is 12.3 Å². The van der Waals surface area contributed by atoms with Crippen LogP contribution in [0.4, 0.5) is 17.1 Å². The van der Waals surface area contributed by atoms with Gasteiger partial charge in [0.25, 0.3) is 0 Å². The number of hydrogen-bond donors (Lipinski definition) is 2. The Morgan fingerprint density at radius 2 is 2.08 bits per heavy atom. The largest absolute Gasteiger partial charge is 0.502 e. The first kappa shape index (κ1) is 18.4. The summed E-state index contributed by atoms with van der Waals surface area (Å²) in [5.41, 5.74) is 0.709. The third-order valence-electron chi connectivity index (χ3n) is 3.27. The zero-order valence-corrected chi connectivity index (χ0v) is 14.3. The van der Waals surface area contributed by atoms with Gasteiger partial charge in [0.05, 0.1) is 10.6 Å². The van der Waals surface area contributed by atoms with Gasteiger partial charge in [0, 0.05) is 34.5 Å². The topological polar surface area (TPSA) is 105 Å². The van der Waals surface area contributed by atoms with Crippen LogP contribution in [0.3, 0.4) is 0 Å². The lowest BCUT2D eigenvalue weighted by Gasteiger charge is -2.08. The summed E-state index contributed by atoms with van der Waals surface area (Å²) in [4.78, 5) is 26.1. The van der Waals surface area contributed by atoms with Crippen molar-refractivity contribution in [3.63, 3.8) is 0 Å². The van der Waals surface area contributed by atoms with Crippen LogP contribution in [0.1, 0.15) is 19.4 Å². The average Bonchev–Trinajstić information content (AvgIpc) is 2.55. The average molecular weight is 362 g/mol. The number of halogens is 1. The van der Waals surface area contributed by atoms with E-state index in [0.717, 1.165) is 6.07 Å². The Kier molecular flexibility index (Phi) is 5.71. The number of aliphatic imine (C=N–C) groups is 1. The summed E-state index contributed by atoms with van der Waals surface area (Å²) in [5.74, 6) is -0.789. The number of nitrogens with one attached hydrogen (secondary N) is 1. The van der Waals surface area contributed by atoms with Gasteiger partial charge < -0.3 is 10.4 Å². The van der Waals surface area contributed by atoms with E-state index in [0.29, 0.717) is 11.4 Å². The second-order valence-corrected chi connectivity index (χ2v) is 6.01. The predicted octanol–water partition coefficient (Wildman–Crippen LogP) is 4.30. The number of nitro groups is 1. The minimum atomic E-state index is -0.722. The minimum Gasteiger partial charge on any atom is -0.502 e. The van der Waals surface area contributed by atoms with Crippen LogP contribution in [-0.2, 0) is 4.79 Å². The van der Waals surface area contributed by atoms with Gasteiger partial charge in [0.1, 0.15) is 0 Å². The molecule has 0 saturated carbocycles. The number of anilines is 1. The monoisotopic (exact) mass is 361 g/mol. The summed E-state index contributed by atoms with van der Waals surface area (Å²) < 4.78 is 0. The number of benzene rings is 2. The Hall–Kier alpha value is -2.93. The molecule has 8 heteroatoms. The summed E-state index contributed by atoms with van der Waals surface area (Å²) in [6.45, 7) is 3.57. The van der Waals surface area contributed by atoms with E-state index in [-0.39, 0.29) is 22.4 Å². The van der Waals surface area contributed by atoms with Crippen LogP contribution in [0, 0.1) is 16.0 Å². The molecule has 7 nitrogen and oxygen atoms in total. The van der Waals surface area contributed by atoms with Crippen molar-refractivity contribution < 1.29 is 14.8 Å². The first-order valence-electron chi connectivity index (χ1n) is 7.40. The van der Waals surface area contributed by atoms with Crippen LogP contribution in [0.5, 0.6) is 5.75 Å². The van der Waals surface area contributed by atoms with E-state index in [2.05, 4.69) is 10.3 Å². The van der Waals surface area contributed by atoms with Gasteiger partial charge in [0.15, 0.2) is 0 Å². The Morgan fingerprint density at radius 3 is 2.72 bits per heavy atom. The van der Waals surface area contributed by atoms with Crippen LogP contribution in [-0.4, -0.2) is 22.2 Å². The number of nitro benzene ring substituents is 1. The maximum Gasteiger partial charge on any atom is 0.312 e. The molecule has 0 radical (unpaired) electrons. The van der Waals surface area contributed by atoms with Crippen molar-refractivity contribution in [1.29, 1.82) is 0 Å². The number of aromatic hydroxyl groups is 1. The molecule has 2 N–H and O–H groups in total. The summed E-state index contributed by atoms with van der Waals surface area (Å²) in [6, 6.07) is 9.21. The normalized spacial score (nSPS) is 11.0. The number of phenolic OH excluding ortho intramolecular Hbond substituents is 1. The fraction of sp³-hybridized carbons (Fsp3) is 0.176. The van der Waals surface area contributed by atoms with Crippen LogP contribution in [0.15, 0.2) is 41.4 Å². The lowest BCUT2D eigenvalue weighted by molar-refractivity contribution is -0.385. The quantitative estimate of drug-likeness (QED) is 0.470. The first-order valence-corrected chi connectivity index (χ1v) is 7.77. The number of carbonyl (C=O) groups excluding carboxylic acids is 1. The number of nitrogens with zero attached hydrogens (tertiary/aromatic N) is 2. The molecule has 0 aromatic heterocycles. The van der Waals surface area contributed by atoms with E-state index in [9.17, 15) is 20.0 Å². The number of carbonyl (C=O) groups is 1. The van der Waals surface area contributed by atoms with Crippen LogP contribution < -0.4 is 5.32 Å². The Bertz CT molecular complexity index is 850. The summed E-state index contributed by atoms with van der Waals surface area (Å²) in [7, 11) is 0. The second-order valence-electron chi connectivity index (χ2n) is 5.57. The second kappa shape index (κ2) is 7.76. The lowest BCUT2D eigenvalue weighted by Crippen LogP contribution is -2.17. The van der Waals surface area contributed by atoms with Gasteiger partial charge in [-0.15, -0.1) is 0 Å². The molecule has 0 bridgehead atoms. The first-order chi connectivity index (χ1) is 11.8. The third-order valence-corrected chi connectivity index (χ3v) is 3.49. The molecule has 0 spiro atoms. The maximum atomic E-state index is 11.7. The van der Waals surface area contributed by atoms with Crippen molar-refractivity contribution in [2.75, 3.05) is 5.32 Å². The summed E-state index contributed by atoms with van der Waals surface area (Å²) >= 11 is 5.84. The molecule has 0 aliphatic rings. The van der Waals surface area contributed by atoms with Gasteiger partial charge in [-0.2, -0.15) is 0 Å². The molecular formula is C17H16ClN3O4. The minimum absolute atomic E-state index is 0.115. The van der Waals surface area contributed by atoms with Gasteiger partial charge in [-0.25, -0.2) is 0 Å². The molecule has 1 amide bonds. The fourth-order valence-electron chi connectivity index (χ4n) is 1.94. The van der Waals surface area contributed by atoms with Crippen molar-refractivity contribution in [2.45, 2.75) is 13.8 Å². The van der Waals surface area contributed by atoms with Crippen LogP contribution >= 0.6 is 11.6 Å². The molecule has 0 aliphatic heterocycles. The molecule has 2 aromatic rings. The lowest BCUT2D eigenvalue weighted by atomic mass is 10.2. The van der Waals surface area contributed by atoms with E-state index in [1.54, 1.807) is 38.1 Å².